The minimum atomic E-state index is -1.22. The van der Waals surface area contributed by atoms with Crippen LogP contribution in [0.2, 0.25) is 0 Å². The van der Waals surface area contributed by atoms with E-state index in [2.05, 4.69) is 24.0 Å². The molecule has 1 saturated heterocycles. The van der Waals surface area contributed by atoms with Gasteiger partial charge in [-0.05, 0) is 47.9 Å². The van der Waals surface area contributed by atoms with E-state index in [1.54, 1.807) is 0 Å². The number of rotatable bonds is 10. The molecule has 4 atom stereocenters. The van der Waals surface area contributed by atoms with E-state index in [4.69, 9.17) is 21.1 Å². The molecule has 0 aliphatic carbocycles. The summed E-state index contributed by atoms with van der Waals surface area (Å²) in [5.74, 6) is 0.607. The van der Waals surface area contributed by atoms with Gasteiger partial charge in [0.05, 0.1) is 13.2 Å². The van der Waals surface area contributed by atoms with E-state index in [1.165, 1.54) is 29.8 Å². The molecule has 0 radical (unpaired) electrons. The van der Waals surface area contributed by atoms with Crippen LogP contribution in [0.1, 0.15) is 67.5 Å². The lowest BCUT2D eigenvalue weighted by molar-refractivity contribution is -0.152. The Morgan fingerprint density at radius 2 is 2.03 bits per heavy atom. The summed E-state index contributed by atoms with van der Waals surface area (Å²) in [5, 5.41) is 21.6. The van der Waals surface area contributed by atoms with Crippen LogP contribution in [0.5, 0.6) is 0 Å². The lowest BCUT2D eigenvalue weighted by Gasteiger charge is -2.41. The van der Waals surface area contributed by atoms with Crippen molar-refractivity contribution in [2.75, 3.05) is 12.5 Å². The summed E-state index contributed by atoms with van der Waals surface area (Å²) < 4.78 is 13.4. The number of halogens is 1. The highest BCUT2D eigenvalue weighted by atomic mass is 35.5. The molecular formula is C26H35ClN2O6. The van der Waals surface area contributed by atoms with Crippen LogP contribution < -0.4 is 11.2 Å². The SMILES string of the molecule is CCCCCCc1cc(CCCCl)cc2c1C[C@@]1(OC2)[C@@H](CO)O[C@@H](n2ccc(=O)[nH]c2=O)[C@@H]1O. The van der Waals surface area contributed by atoms with Crippen molar-refractivity contribution < 1.29 is 19.7 Å². The highest BCUT2D eigenvalue weighted by molar-refractivity contribution is 6.17. The van der Waals surface area contributed by atoms with Crippen LogP contribution in [0.15, 0.2) is 34.0 Å². The zero-order chi connectivity index (χ0) is 25.0. The zero-order valence-corrected chi connectivity index (χ0v) is 20.9. The molecule has 0 unspecified atom stereocenters. The molecule has 2 aliphatic rings. The highest BCUT2D eigenvalue weighted by Crippen LogP contribution is 2.45. The van der Waals surface area contributed by atoms with E-state index >= 15 is 0 Å². The second-order valence-electron chi connectivity index (χ2n) is 9.58. The van der Waals surface area contributed by atoms with E-state index in [1.807, 2.05) is 0 Å². The molecule has 2 aromatic rings. The van der Waals surface area contributed by atoms with Crippen LogP contribution in [0.25, 0.3) is 0 Å². The van der Waals surface area contributed by atoms with Crippen molar-refractivity contribution in [2.45, 2.75) is 88.9 Å². The highest BCUT2D eigenvalue weighted by Gasteiger charge is 2.59. The number of nitrogens with zero attached hydrogens (tertiary/aromatic N) is 1. The molecule has 35 heavy (non-hydrogen) atoms. The molecule has 1 spiro atoms. The van der Waals surface area contributed by atoms with Gasteiger partial charge in [0.1, 0.15) is 17.8 Å². The van der Waals surface area contributed by atoms with Crippen LogP contribution in [0.4, 0.5) is 0 Å². The first-order valence-corrected chi connectivity index (χ1v) is 13.1. The molecule has 1 fully saturated rings. The van der Waals surface area contributed by atoms with Crippen LogP contribution in [0.3, 0.4) is 0 Å². The number of H-pyrrole nitrogens is 1. The number of hydrogen-bond donors (Lipinski definition) is 3. The number of ether oxygens (including phenoxy) is 2. The predicted molar refractivity (Wildman–Crippen MR) is 133 cm³/mol. The summed E-state index contributed by atoms with van der Waals surface area (Å²) in [6.07, 6.45) is 5.81. The molecule has 3 N–H and O–H groups in total. The van der Waals surface area contributed by atoms with Gasteiger partial charge >= 0.3 is 5.69 Å². The van der Waals surface area contributed by atoms with E-state index in [0.717, 1.165) is 54.2 Å². The quantitative estimate of drug-likeness (QED) is 0.337. The number of aliphatic hydroxyl groups is 2. The third-order valence-electron chi connectivity index (χ3n) is 7.25. The molecule has 0 bridgehead atoms. The maximum atomic E-state index is 12.4. The van der Waals surface area contributed by atoms with Crippen molar-refractivity contribution in [1.29, 1.82) is 0 Å². The number of unbranched alkanes of at least 4 members (excludes halogenated alkanes) is 3. The van der Waals surface area contributed by atoms with Crippen molar-refractivity contribution in [3.8, 4) is 0 Å². The van der Waals surface area contributed by atoms with Gasteiger partial charge in [-0.25, -0.2) is 4.79 Å². The number of benzene rings is 1. The van der Waals surface area contributed by atoms with E-state index < -0.39 is 35.3 Å². The Kier molecular flexibility index (Phi) is 8.50. The van der Waals surface area contributed by atoms with Gasteiger partial charge in [-0.3, -0.25) is 14.3 Å². The fourth-order valence-corrected chi connectivity index (χ4v) is 5.51. The van der Waals surface area contributed by atoms with Crippen LogP contribution >= 0.6 is 11.6 Å². The second kappa shape index (κ2) is 11.4. The Labute approximate surface area is 209 Å². The lowest BCUT2D eigenvalue weighted by atomic mass is 9.78. The molecule has 1 aromatic heterocycles. The van der Waals surface area contributed by atoms with Gasteiger partial charge < -0.3 is 19.7 Å². The van der Waals surface area contributed by atoms with Gasteiger partial charge in [0.15, 0.2) is 6.23 Å². The van der Waals surface area contributed by atoms with Crippen molar-refractivity contribution in [3.63, 3.8) is 0 Å². The summed E-state index contributed by atoms with van der Waals surface area (Å²) in [4.78, 5) is 26.1. The fourth-order valence-electron chi connectivity index (χ4n) is 5.37. The average molecular weight is 507 g/mol. The van der Waals surface area contributed by atoms with Gasteiger partial charge in [0.2, 0.25) is 0 Å². The average Bonchev–Trinajstić information content (AvgIpc) is 3.11. The summed E-state index contributed by atoms with van der Waals surface area (Å²) >= 11 is 5.93. The molecular weight excluding hydrogens is 472 g/mol. The van der Waals surface area contributed by atoms with E-state index in [0.29, 0.717) is 12.3 Å². The third kappa shape index (κ3) is 5.27. The van der Waals surface area contributed by atoms with Gasteiger partial charge in [0.25, 0.3) is 5.56 Å². The van der Waals surface area contributed by atoms with E-state index in [-0.39, 0.29) is 13.2 Å². The lowest BCUT2D eigenvalue weighted by Crippen LogP contribution is -2.55. The number of aliphatic hydroxyl groups excluding tert-OH is 2. The van der Waals surface area contributed by atoms with Gasteiger partial charge in [-0.15, -0.1) is 11.6 Å². The standard InChI is InChI=1S/C26H35ClN2O6/c1-2-3-4-5-8-18-12-17(7-6-10-27)13-19-16-34-26(14-20(18)19)21(15-30)35-24(23(26)32)29-11-9-22(31)28-25(29)33/h9,11-13,21,23-24,30,32H,2-8,10,14-16H2,1H3,(H,28,31,33)/t21-,23+,24-,26-/m1/s1. The number of aromatic nitrogens is 2. The molecule has 192 valence electrons. The van der Waals surface area contributed by atoms with Crippen molar-refractivity contribution in [2.24, 2.45) is 0 Å². The summed E-state index contributed by atoms with van der Waals surface area (Å²) in [6, 6.07) is 5.60. The predicted octanol–water partition coefficient (Wildman–Crippen LogP) is 2.59. The Bertz CT molecular complexity index is 1130. The monoisotopic (exact) mass is 506 g/mol. The number of hydrogen-bond acceptors (Lipinski definition) is 6. The Hall–Kier alpha value is -1.97. The Morgan fingerprint density at radius 1 is 1.20 bits per heavy atom. The maximum Gasteiger partial charge on any atom is 0.330 e. The molecule has 9 heteroatoms. The zero-order valence-electron chi connectivity index (χ0n) is 20.2. The number of nitrogens with one attached hydrogen (secondary N) is 1. The molecule has 2 aliphatic heterocycles. The Balaban J connectivity index is 1.68. The summed E-state index contributed by atoms with van der Waals surface area (Å²) in [5.41, 5.74) is 2.24. The van der Waals surface area contributed by atoms with Gasteiger partial charge in [0, 0.05) is 24.6 Å². The van der Waals surface area contributed by atoms with Gasteiger partial charge in [-0.2, -0.15) is 0 Å². The molecule has 4 rings (SSSR count). The first kappa shape index (κ1) is 26.1. The molecule has 8 nitrogen and oxygen atoms in total. The second-order valence-corrected chi connectivity index (χ2v) is 9.95. The first-order valence-electron chi connectivity index (χ1n) is 12.5. The van der Waals surface area contributed by atoms with Crippen LogP contribution in [-0.2, 0) is 35.3 Å². The van der Waals surface area contributed by atoms with Crippen molar-refractivity contribution in [1.82, 2.24) is 9.55 Å². The fraction of sp³-hybridized carbons (Fsp3) is 0.615. The smallest absolute Gasteiger partial charge is 0.330 e. The van der Waals surface area contributed by atoms with Crippen LogP contribution in [0, 0.1) is 0 Å². The maximum absolute atomic E-state index is 12.4. The summed E-state index contributed by atoms with van der Waals surface area (Å²) in [7, 11) is 0. The van der Waals surface area contributed by atoms with Crippen molar-refractivity contribution >= 4 is 11.6 Å². The molecule has 1 aromatic carbocycles. The minimum absolute atomic E-state index is 0.274. The third-order valence-corrected chi connectivity index (χ3v) is 7.52. The largest absolute Gasteiger partial charge is 0.394 e. The first-order chi connectivity index (χ1) is 16.9. The van der Waals surface area contributed by atoms with Gasteiger partial charge in [-0.1, -0.05) is 38.3 Å². The Morgan fingerprint density at radius 3 is 2.74 bits per heavy atom. The molecule has 3 heterocycles. The van der Waals surface area contributed by atoms with Crippen LogP contribution in [-0.4, -0.2) is 50.1 Å². The van der Waals surface area contributed by atoms with Crippen molar-refractivity contribution in [3.05, 3.63) is 67.5 Å². The number of alkyl halides is 1. The number of fused-ring (bicyclic) bond motifs is 1. The summed E-state index contributed by atoms with van der Waals surface area (Å²) in [6.45, 7) is 2.09. The normalized spacial score (nSPS) is 25.8. The van der Waals surface area contributed by atoms with E-state index in [9.17, 15) is 19.8 Å². The molecule has 0 amide bonds. The number of aromatic amines is 1. The minimum Gasteiger partial charge on any atom is -0.394 e. The topological polar surface area (TPSA) is 114 Å². The molecule has 0 saturated carbocycles. The number of aryl methyl sites for hydroxylation is 2.